The standard InChI is InChI=1S/C23H27BrN2O3/c1-3-29-21-10-4-17(5-11-21)16-25(2)22(27)19-12-14-26(15-13-19)23(28)18-6-8-20(24)9-7-18/h4-11,19H,3,12-16H2,1-2H3. The molecule has 0 radical (unpaired) electrons. The minimum absolute atomic E-state index is 0.0309. The number of likely N-dealkylation sites (tertiary alicyclic amines) is 1. The van der Waals surface area contributed by atoms with Gasteiger partial charge in [0.2, 0.25) is 5.91 Å². The van der Waals surface area contributed by atoms with Gasteiger partial charge < -0.3 is 14.5 Å². The van der Waals surface area contributed by atoms with Crippen molar-refractivity contribution in [3.8, 4) is 5.75 Å². The number of benzene rings is 2. The minimum Gasteiger partial charge on any atom is -0.494 e. The topological polar surface area (TPSA) is 49.9 Å². The van der Waals surface area contributed by atoms with Gasteiger partial charge in [-0.05, 0) is 61.7 Å². The maximum absolute atomic E-state index is 12.8. The smallest absolute Gasteiger partial charge is 0.253 e. The summed E-state index contributed by atoms with van der Waals surface area (Å²) in [6.07, 6.45) is 1.41. The molecule has 6 heteroatoms. The molecule has 1 saturated heterocycles. The lowest BCUT2D eigenvalue weighted by Crippen LogP contribution is -2.43. The van der Waals surface area contributed by atoms with Crippen LogP contribution in [0.25, 0.3) is 0 Å². The van der Waals surface area contributed by atoms with E-state index >= 15 is 0 Å². The Morgan fingerprint density at radius 2 is 1.69 bits per heavy atom. The molecule has 0 aliphatic carbocycles. The molecule has 0 aromatic heterocycles. The Hall–Kier alpha value is -2.34. The highest BCUT2D eigenvalue weighted by atomic mass is 79.9. The summed E-state index contributed by atoms with van der Waals surface area (Å²) >= 11 is 3.39. The third-order valence-corrected chi connectivity index (χ3v) is 5.78. The van der Waals surface area contributed by atoms with Gasteiger partial charge in [0.25, 0.3) is 5.91 Å². The first-order valence-electron chi connectivity index (χ1n) is 9.99. The van der Waals surface area contributed by atoms with Gasteiger partial charge >= 0.3 is 0 Å². The second-order valence-electron chi connectivity index (χ2n) is 7.34. The highest BCUT2D eigenvalue weighted by Crippen LogP contribution is 2.22. The Morgan fingerprint density at radius 3 is 2.28 bits per heavy atom. The van der Waals surface area contributed by atoms with Gasteiger partial charge in [0, 0.05) is 42.6 Å². The summed E-state index contributed by atoms with van der Waals surface area (Å²) in [4.78, 5) is 29.1. The van der Waals surface area contributed by atoms with Crippen molar-refractivity contribution in [1.82, 2.24) is 9.80 Å². The van der Waals surface area contributed by atoms with Crippen LogP contribution in [0.2, 0.25) is 0 Å². The van der Waals surface area contributed by atoms with E-state index in [1.807, 2.05) is 67.4 Å². The number of hydrogen-bond donors (Lipinski definition) is 0. The van der Waals surface area contributed by atoms with E-state index in [-0.39, 0.29) is 17.7 Å². The Balaban J connectivity index is 1.51. The SMILES string of the molecule is CCOc1ccc(CN(C)C(=O)C2CCN(C(=O)c3ccc(Br)cc3)CC2)cc1. The molecule has 1 heterocycles. The first-order chi connectivity index (χ1) is 14.0. The van der Waals surface area contributed by atoms with Crippen molar-refractivity contribution in [2.75, 3.05) is 26.7 Å². The monoisotopic (exact) mass is 458 g/mol. The van der Waals surface area contributed by atoms with Crippen LogP contribution in [0.1, 0.15) is 35.7 Å². The zero-order chi connectivity index (χ0) is 20.8. The first-order valence-corrected chi connectivity index (χ1v) is 10.8. The molecule has 5 nitrogen and oxygen atoms in total. The van der Waals surface area contributed by atoms with Gasteiger partial charge in [-0.2, -0.15) is 0 Å². The van der Waals surface area contributed by atoms with E-state index in [2.05, 4.69) is 15.9 Å². The largest absolute Gasteiger partial charge is 0.494 e. The number of halogens is 1. The third-order valence-electron chi connectivity index (χ3n) is 5.25. The molecule has 154 valence electrons. The lowest BCUT2D eigenvalue weighted by molar-refractivity contribution is -0.136. The van der Waals surface area contributed by atoms with E-state index < -0.39 is 0 Å². The van der Waals surface area contributed by atoms with Gasteiger partial charge in [-0.3, -0.25) is 9.59 Å². The lowest BCUT2D eigenvalue weighted by Gasteiger charge is -2.33. The third kappa shape index (κ3) is 5.60. The highest BCUT2D eigenvalue weighted by molar-refractivity contribution is 9.10. The molecule has 3 rings (SSSR count). The number of piperidine rings is 1. The van der Waals surface area contributed by atoms with Gasteiger partial charge in [0.15, 0.2) is 0 Å². The molecule has 1 fully saturated rings. The molecular formula is C23H27BrN2O3. The Kier molecular flexibility index (Phi) is 7.31. The second kappa shape index (κ2) is 9.92. The number of amides is 2. The molecule has 2 aromatic carbocycles. The van der Waals surface area contributed by atoms with Crippen molar-refractivity contribution in [2.45, 2.75) is 26.3 Å². The van der Waals surface area contributed by atoms with Crippen LogP contribution in [-0.2, 0) is 11.3 Å². The number of hydrogen-bond acceptors (Lipinski definition) is 3. The maximum atomic E-state index is 12.8. The molecule has 0 atom stereocenters. The van der Waals surface area contributed by atoms with Crippen LogP contribution in [0.3, 0.4) is 0 Å². The van der Waals surface area contributed by atoms with Crippen molar-refractivity contribution >= 4 is 27.7 Å². The Morgan fingerprint density at radius 1 is 1.07 bits per heavy atom. The van der Waals surface area contributed by atoms with E-state index in [4.69, 9.17) is 4.74 Å². The number of rotatable bonds is 6. The Bertz CT molecular complexity index is 828. The molecule has 0 unspecified atom stereocenters. The zero-order valence-corrected chi connectivity index (χ0v) is 18.5. The van der Waals surface area contributed by atoms with Crippen molar-refractivity contribution < 1.29 is 14.3 Å². The van der Waals surface area contributed by atoms with E-state index in [0.29, 0.717) is 44.6 Å². The van der Waals surface area contributed by atoms with Crippen molar-refractivity contribution in [1.29, 1.82) is 0 Å². The van der Waals surface area contributed by atoms with E-state index in [1.165, 1.54) is 0 Å². The predicted octanol–water partition coefficient (Wildman–Crippen LogP) is 4.36. The van der Waals surface area contributed by atoms with Crippen LogP contribution in [0.15, 0.2) is 53.0 Å². The Labute approximate surface area is 180 Å². The molecule has 1 aliphatic rings. The minimum atomic E-state index is -0.0309. The quantitative estimate of drug-likeness (QED) is 0.645. The summed E-state index contributed by atoms with van der Waals surface area (Å²) in [5.74, 6) is 0.991. The van der Waals surface area contributed by atoms with Crippen LogP contribution >= 0.6 is 15.9 Å². The molecule has 0 spiro atoms. The molecule has 29 heavy (non-hydrogen) atoms. The first kappa shape index (κ1) is 21.4. The summed E-state index contributed by atoms with van der Waals surface area (Å²) in [7, 11) is 1.85. The van der Waals surface area contributed by atoms with Gasteiger partial charge in [-0.25, -0.2) is 0 Å². The molecule has 0 bridgehead atoms. The predicted molar refractivity (Wildman–Crippen MR) is 117 cm³/mol. The summed E-state index contributed by atoms with van der Waals surface area (Å²) < 4.78 is 6.41. The molecule has 0 N–H and O–H groups in total. The maximum Gasteiger partial charge on any atom is 0.253 e. The van der Waals surface area contributed by atoms with Crippen LogP contribution in [0.4, 0.5) is 0 Å². The number of carbonyl (C=O) groups excluding carboxylic acids is 2. The van der Waals surface area contributed by atoms with E-state index in [0.717, 1.165) is 15.8 Å². The normalized spacial score (nSPS) is 14.5. The van der Waals surface area contributed by atoms with Gasteiger partial charge in [-0.1, -0.05) is 28.1 Å². The molecule has 0 saturated carbocycles. The van der Waals surface area contributed by atoms with Crippen LogP contribution in [0, 0.1) is 5.92 Å². The molecular weight excluding hydrogens is 432 g/mol. The summed E-state index contributed by atoms with van der Waals surface area (Å²) in [5, 5.41) is 0. The van der Waals surface area contributed by atoms with Crippen LogP contribution in [-0.4, -0.2) is 48.4 Å². The molecule has 2 amide bonds. The molecule has 2 aromatic rings. The van der Waals surface area contributed by atoms with Gasteiger partial charge in [0.05, 0.1) is 6.61 Å². The van der Waals surface area contributed by atoms with Gasteiger partial charge in [0.1, 0.15) is 5.75 Å². The number of nitrogens with zero attached hydrogens (tertiary/aromatic N) is 2. The number of ether oxygens (including phenoxy) is 1. The average Bonchev–Trinajstić information content (AvgIpc) is 2.75. The summed E-state index contributed by atoms with van der Waals surface area (Å²) in [5.41, 5.74) is 1.76. The van der Waals surface area contributed by atoms with Crippen LogP contribution in [0.5, 0.6) is 5.75 Å². The van der Waals surface area contributed by atoms with E-state index in [9.17, 15) is 9.59 Å². The lowest BCUT2D eigenvalue weighted by atomic mass is 9.94. The van der Waals surface area contributed by atoms with Gasteiger partial charge in [-0.15, -0.1) is 0 Å². The zero-order valence-electron chi connectivity index (χ0n) is 16.9. The fourth-order valence-corrected chi connectivity index (χ4v) is 3.89. The van der Waals surface area contributed by atoms with Crippen molar-refractivity contribution in [3.63, 3.8) is 0 Å². The van der Waals surface area contributed by atoms with Crippen molar-refractivity contribution in [3.05, 3.63) is 64.1 Å². The van der Waals surface area contributed by atoms with E-state index in [1.54, 1.807) is 4.90 Å². The summed E-state index contributed by atoms with van der Waals surface area (Å²) in [6.45, 7) is 4.40. The fraction of sp³-hybridized carbons (Fsp3) is 0.391. The highest BCUT2D eigenvalue weighted by Gasteiger charge is 2.29. The average molecular weight is 459 g/mol. The fourth-order valence-electron chi connectivity index (χ4n) is 3.63. The molecule has 1 aliphatic heterocycles. The number of carbonyl (C=O) groups is 2. The van der Waals surface area contributed by atoms with Crippen LogP contribution < -0.4 is 4.74 Å². The van der Waals surface area contributed by atoms with Crippen molar-refractivity contribution in [2.24, 2.45) is 5.92 Å². The second-order valence-corrected chi connectivity index (χ2v) is 8.26. The summed E-state index contributed by atoms with van der Waals surface area (Å²) in [6, 6.07) is 15.3.